The summed E-state index contributed by atoms with van der Waals surface area (Å²) in [5, 5.41) is 11.5. The van der Waals surface area contributed by atoms with Crippen LogP contribution in [0, 0.1) is 13.8 Å². The third-order valence-electron chi connectivity index (χ3n) is 5.12. The molecule has 2 N–H and O–H groups in total. The van der Waals surface area contributed by atoms with Gasteiger partial charge in [0.05, 0.1) is 17.9 Å². The van der Waals surface area contributed by atoms with Gasteiger partial charge < -0.3 is 15.5 Å². The number of halogens is 1. The van der Waals surface area contributed by atoms with Crippen molar-refractivity contribution in [3.63, 3.8) is 0 Å². The molecule has 1 aromatic carbocycles. The summed E-state index contributed by atoms with van der Waals surface area (Å²) in [6.07, 6.45) is 1.09. The highest BCUT2D eigenvalue weighted by Gasteiger charge is 2.24. The SMILES string of the molecule is CCNC(=NCc1c(C)nn(C)c1C)NC1CCN(c2ccccc2Br)C1. The lowest BCUT2D eigenvalue weighted by molar-refractivity contribution is 0.649. The highest BCUT2D eigenvalue weighted by molar-refractivity contribution is 9.10. The number of para-hydroxylation sites is 1. The molecule has 146 valence electrons. The Balaban J connectivity index is 1.65. The summed E-state index contributed by atoms with van der Waals surface area (Å²) < 4.78 is 3.07. The van der Waals surface area contributed by atoms with Crippen LogP contribution in [0.2, 0.25) is 0 Å². The van der Waals surface area contributed by atoms with E-state index in [0.29, 0.717) is 12.6 Å². The Labute approximate surface area is 170 Å². The van der Waals surface area contributed by atoms with Gasteiger partial charge in [-0.1, -0.05) is 12.1 Å². The monoisotopic (exact) mass is 432 g/mol. The third kappa shape index (κ3) is 4.64. The van der Waals surface area contributed by atoms with Gasteiger partial charge in [-0.2, -0.15) is 5.10 Å². The quantitative estimate of drug-likeness (QED) is 0.562. The first kappa shape index (κ1) is 19.7. The van der Waals surface area contributed by atoms with Crippen LogP contribution in [0.5, 0.6) is 0 Å². The lowest BCUT2D eigenvalue weighted by Crippen LogP contribution is -2.44. The first-order chi connectivity index (χ1) is 13.0. The van der Waals surface area contributed by atoms with E-state index in [0.717, 1.165) is 42.2 Å². The standard InChI is InChI=1S/C20H29BrN6/c1-5-22-20(23-12-17-14(2)25-26(4)15(17)3)24-16-10-11-27(13-16)19-9-7-6-8-18(19)21/h6-9,16H,5,10-13H2,1-4H3,(H2,22,23,24). The summed E-state index contributed by atoms with van der Waals surface area (Å²) in [5.74, 6) is 0.874. The van der Waals surface area contributed by atoms with Crippen LogP contribution in [0.1, 0.15) is 30.3 Å². The molecule has 7 heteroatoms. The van der Waals surface area contributed by atoms with Crippen molar-refractivity contribution < 1.29 is 0 Å². The maximum absolute atomic E-state index is 4.81. The molecule has 1 aromatic heterocycles. The van der Waals surface area contributed by atoms with Gasteiger partial charge in [-0.3, -0.25) is 4.68 Å². The highest BCUT2D eigenvalue weighted by Crippen LogP contribution is 2.28. The van der Waals surface area contributed by atoms with E-state index in [-0.39, 0.29) is 0 Å². The van der Waals surface area contributed by atoms with Crippen molar-refractivity contribution >= 4 is 27.6 Å². The number of nitrogens with zero attached hydrogens (tertiary/aromatic N) is 4. The van der Waals surface area contributed by atoms with Crippen molar-refractivity contribution in [2.75, 3.05) is 24.5 Å². The van der Waals surface area contributed by atoms with Crippen LogP contribution in [-0.4, -0.2) is 41.4 Å². The lowest BCUT2D eigenvalue weighted by atomic mass is 10.2. The van der Waals surface area contributed by atoms with Crippen molar-refractivity contribution in [1.82, 2.24) is 20.4 Å². The first-order valence-corrected chi connectivity index (χ1v) is 10.3. The van der Waals surface area contributed by atoms with Gasteiger partial charge in [0, 0.05) is 48.5 Å². The smallest absolute Gasteiger partial charge is 0.191 e. The molecule has 3 rings (SSSR count). The Kier molecular flexibility index (Phi) is 6.42. The second kappa shape index (κ2) is 8.78. The van der Waals surface area contributed by atoms with Gasteiger partial charge in [0.2, 0.25) is 0 Å². The maximum Gasteiger partial charge on any atom is 0.191 e. The van der Waals surface area contributed by atoms with Crippen molar-refractivity contribution in [1.29, 1.82) is 0 Å². The average molecular weight is 433 g/mol. The molecule has 0 amide bonds. The molecule has 0 aliphatic carbocycles. The number of aliphatic imine (C=N–C) groups is 1. The molecule has 6 nitrogen and oxygen atoms in total. The van der Waals surface area contributed by atoms with E-state index >= 15 is 0 Å². The summed E-state index contributed by atoms with van der Waals surface area (Å²) in [6, 6.07) is 8.79. The molecule has 0 spiro atoms. The van der Waals surface area contributed by atoms with Gasteiger partial charge in [0.15, 0.2) is 5.96 Å². The summed E-state index contributed by atoms with van der Waals surface area (Å²) >= 11 is 3.66. The van der Waals surface area contributed by atoms with Crippen LogP contribution < -0.4 is 15.5 Å². The fourth-order valence-corrected chi connectivity index (χ4v) is 4.06. The van der Waals surface area contributed by atoms with E-state index in [1.165, 1.54) is 16.9 Å². The number of rotatable bonds is 5. The van der Waals surface area contributed by atoms with E-state index in [2.05, 4.69) is 74.7 Å². The van der Waals surface area contributed by atoms with E-state index in [1.807, 2.05) is 18.7 Å². The molecule has 27 heavy (non-hydrogen) atoms. The second-order valence-corrected chi connectivity index (χ2v) is 7.85. The zero-order chi connectivity index (χ0) is 19.4. The Morgan fingerprint density at radius 3 is 2.78 bits per heavy atom. The minimum atomic E-state index is 0.381. The molecule has 1 aliphatic rings. The molecule has 1 unspecified atom stereocenters. The summed E-state index contributed by atoms with van der Waals surface area (Å²) in [6.45, 7) is 9.74. The zero-order valence-electron chi connectivity index (χ0n) is 16.6. The molecular weight excluding hydrogens is 404 g/mol. The number of hydrogen-bond acceptors (Lipinski definition) is 3. The minimum absolute atomic E-state index is 0.381. The molecule has 1 saturated heterocycles. The number of guanidine groups is 1. The molecule has 1 atom stereocenters. The molecule has 0 bridgehead atoms. The first-order valence-electron chi connectivity index (χ1n) is 9.53. The van der Waals surface area contributed by atoms with E-state index in [9.17, 15) is 0 Å². The highest BCUT2D eigenvalue weighted by atomic mass is 79.9. The maximum atomic E-state index is 4.81. The van der Waals surface area contributed by atoms with Crippen LogP contribution in [-0.2, 0) is 13.6 Å². The third-order valence-corrected chi connectivity index (χ3v) is 5.79. The van der Waals surface area contributed by atoms with Crippen LogP contribution in [0.15, 0.2) is 33.7 Å². The topological polar surface area (TPSA) is 57.5 Å². The van der Waals surface area contributed by atoms with Crippen molar-refractivity contribution in [2.45, 2.75) is 39.8 Å². The zero-order valence-corrected chi connectivity index (χ0v) is 18.2. The largest absolute Gasteiger partial charge is 0.368 e. The molecule has 1 aliphatic heterocycles. The van der Waals surface area contributed by atoms with Crippen molar-refractivity contribution in [3.05, 3.63) is 45.7 Å². The van der Waals surface area contributed by atoms with Crippen LogP contribution >= 0.6 is 15.9 Å². The summed E-state index contributed by atoms with van der Waals surface area (Å²) in [7, 11) is 1.98. The van der Waals surface area contributed by atoms with Gasteiger partial charge >= 0.3 is 0 Å². The molecule has 2 heterocycles. The number of aryl methyl sites for hydroxylation is 2. The number of aromatic nitrogens is 2. The number of hydrogen-bond donors (Lipinski definition) is 2. The predicted octanol–water partition coefficient (Wildman–Crippen LogP) is 3.13. The Morgan fingerprint density at radius 1 is 1.33 bits per heavy atom. The summed E-state index contributed by atoms with van der Waals surface area (Å²) in [4.78, 5) is 7.23. The molecule has 1 fully saturated rings. The Bertz CT molecular complexity index is 813. The van der Waals surface area contributed by atoms with Gasteiger partial charge in [-0.05, 0) is 55.3 Å². The normalized spacial score (nSPS) is 17.4. The fraction of sp³-hybridized carbons (Fsp3) is 0.500. The van der Waals surface area contributed by atoms with E-state index in [4.69, 9.17) is 4.99 Å². The number of nitrogens with one attached hydrogen (secondary N) is 2. The van der Waals surface area contributed by atoms with Crippen LogP contribution in [0.3, 0.4) is 0 Å². The molecule has 0 saturated carbocycles. The van der Waals surface area contributed by atoms with E-state index in [1.54, 1.807) is 0 Å². The Morgan fingerprint density at radius 2 is 2.11 bits per heavy atom. The van der Waals surface area contributed by atoms with Gasteiger partial charge in [-0.25, -0.2) is 4.99 Å². The van der Waals surface area contributed by atoms with Crippen LogP contribution in [0.4, 0.5) is 5.69 Å². The van der Waals surface area contributed by atoms with E-state index < -0.39 is 0 Å². The number of benzene rings is 1. The molecule has 2 aromatic rings. The lowest BCUT2D eigenvalue weighted by Gasteiger charge is -2.21. The van der Waals surface area contributed by atoms with Crippen molar-refractivity contribution in [2.24, 2.45) is 12.0 Å². The molecule has 0 radical (unpaired) electrons. The Hall–Kier alpha value is -2.02. The predicted molar refractivity (Wildman–Crippen MR) is 115 cm³/mol. The second-order valence-electron chi connectivity index (χ2n) is 7.00. The van der Waals surface area contributed by atoms with Crippen molar-refractivity contribution in [3.8, 4) is 0 Å². The van der Waals surface area contributed by atoms with Gasteiger partial charge in [0.1, 0.15) is 0 Å². The summed E-state index contributed by atoms with van der Waals surface area (Å²) in [5.41, 5.74) is 4.69. The average Bonchev–Trinajstić information content (AvgIpc) is 3.19. The van der Waals surface area contributed by atoms with Gasteiger partial charge in [0.25, 0.3) is 0 Å². The minimum Gasteiger partial charge on any atom is -0.368 e. The number of anilines is 1. The fourth-order valence-electron chi connectivity index (χ4n) is 3.52. The molecular formula is C20H29BrN6. The van der Waals surface area contributed by atoms with Crippen LogP contribution in [0.25, 0.3) is 0 Å². The van der Waals surface area contributed by atoms with Gasteiger partial charge in [-0.15, -0.1) is 0 Å².